The predicted molar refractivity (Wildman–Crippen MR) is 113 cm³/mol. The van der Waals surface area contributed by atoms with Crippen LogP contribution in [0.3, 0.4) is 0 Å². The Balaban J connectivity index is 1.59. The van der Waals surface area contributed by atoms with Crippen molar-refractivity contribution in [2.24, 2.45) is 0 Å². The maximum absolute atomic E-state index is 13.5. The summed E-state index contributed by atoms with van der Waals surface area (Å²) >= 11 is 1.58. The van der Waals surface area contributed by atoms with Crippen LogP contribution in [0.15, 0.2) is 66.0 Å². The Bertz CT molecular complexity index is 1280. The molecule has 0 aliphatic carbocycles. The molecule has 0 fully saturated rings. The average Bonchev–Trinajstić information content (AvgIpc) is 3.45. The van der Waals surface area contributed by atoms with Gasteiger partial charge in [0.25, 0.3) is 0 Å². The minimum absolute atomic E-state index is 0.405. The number of anilines is 2. The van der Waals surface area contributed by atoms with Gasteiger partial charge in [-0.2, -0.15) is 4.98 Å². The third kappa shape index (κ3) is 3.34. The molecule has 5 aromatic rings. The molecule has 0 radical (unpaired) electrons. The van der Waals surface area contributed by atoms with E-state index in [0.717, 1.165) is 15.8 Å². The summed E-state index contributed by atoms with van der Waals surface area (Å²) in [5.41, 5.74) is 1.97. The van der Waals surface area contributed by atoms with Crippen molar-refractivity contribution < 1.29 is 4.39 Å². The van der Waals surface area contributed by atoms with E-state index in [1.165, 1.54) is 0 Å². The summed E-state index contributed by atoms with van der Waals surface area (Å²) in [6.07, 6.45) is 0. The van der Waals surface area contributed by atoms with Crippen LogP contribution in [-0.2, 0) is 6.67 Å². The van der Waals surface area contributed by atoms with Gasteiger partial charge in [0, 0.05) is 10.9 Å². The fourth-order valence-corrected chi connectivity index (χ4v) is 3.76. The lowest BCUT2D eigenvalue weighted by Gasteiger charge is -2.10. The Labute approximate surface area is 169 Å². The molecule has 0 saturated carbocycles. The molecular weight excluding hydrogens is 387 g/mol. The van der Waals surface area contributed by atoms with Gasteiger partial charge >= 0.3 is 0 Å². The van der Waals surface area contributed by atoms with Gasteiger partial charge in [0.1, 0.15) is 12.5 Å². The molecule has 3 heterocycles. The van der Waals surface area contributed by atoms with Gasteiger partial charge in [-0.15, -0.1) is 16.4 Å². The Morgan fingerprint density at radius 1 is 0.931 bits per heavy atom. The zero-order valence-electron chi connectivity index (χ0n) is 15.1. The largest absolute Gasteiger partial charge is 0.307 e. The maximum atomic E-state index is 13.5. The summed E-state index contributed by atoms with van der Waals surface area (Å²) in [4.78, 5) is 14.8. The Morgan fingerprint density at radius 3 is 2.66 bits per heavy atom. The van der Waals surface area contributed by atoms with Crippen LogP contribution < -0.4 is 5.32 Å². The first-order valence-corrected chi connectivity index (χ1v) is 9.84. The van der Waals surface area contributed by atoms with Crippen LogP contribution in [0.2, 0.25) is 0 Å². The molecule has 0 aliphatic heterocycles. The van der Waals surface area contributed by atoms with E-state index in [1.54, 1.807) is 23.5 Å². The molecule has 0 saturated heterocycles. The standard InChI is InChI=1S/C21H15FN6S/c22-12-13-6-1-2-7-14(13)18-23-16-9-4-3-8-15(16)19(24-18)25-21-26-20(27-28-21)17-10-5-11-29-17/h1-11H,12H2,(H2,23,24,25,26,27,28). The van der Waals surface area contributed by atoms with Crippen molar-refractivity contribution in [2.75, 3.05) is 5.32 Å². The summed E-state index contributed by atoms with van der Waals surface area (Å²) in [5, 5.41) is 13.2. The summed E-state index contributed by atoms with van der Waals surface area (Å²) in [5.74, 6) is 2.11. The van der Waals surface area contributed by atoms with Crippen molar-refractivity contribution in [1.82, 2.24) is 25.1 Å². The number of nitrogens with zero attached hydrogens (tertiary/aromatic N) is 4. The summed E-state index contributed by atoms with van der Waals surface area (Å²) in [7, 11) is 0. The second-order valence-corrected chi connectivity index (χ2v) is 7.26. The number of benzene rings is 2. The number of halogens is 1. The van der Waals surface area contributed by atoms with E-state index < -0.39 is 6.67 Å². The van der Waals surface area contributed by atoms with Crippen molar-refractivity contribution in [1.29, 1.82) is 0 Å². The number of hydrogen-bond acceptors (Lipinski definition) is 6. The fourth-order valence-electron chi connectivity index (χ4n) is 3.09. The number of alkyl halides is 1. The average molecular weight is 402 g/mol. The zero-order valence-corrected chi connectivity index (χ0v) is 15.9. The van der Waals surface area contributed by atoms with Crippen molar-refractivity contribution in [2.45, 2.75) is 6.67 Å². The minimum atomic E-state index is -0.583. The Morgan fingerprint density at radius 2 is 1.79 bits per heavy atom. The Kier molecular flexibility index (Phi) is 4.45. The summed E-state index contributed by atoms with van der Waals surface area (Å²) < 4.78 is 13.5. The monoisotopic (exact) mass is 402 g/mol. The first-order valence-electron chi connectivity index (χ1n) is 8.96. The van der Waals surface area contributed by atoms with Gasteiger partial charge in [-0.3, -0.25) is 5.10 Å². The van der Waals surface area contributed by atoms with Crippen LogP contribution in [-0.4, -0.2) is 25.1 Å². The van der Waals surface area contributed by atoms with Gasteiger partial charge < -0.3 is 5.32 Å². The number of para-hydroxylation sites is 1. The molecule has 0 unspecified atom stereocenters. The highest BCUT2D eigenvalue weighted by atomic mass is 32.1. The molecule has 5 rings (SSSR count). The molecule has 2 N–H and O–H groups in total. The van der Waals surface area contributed by atoms with Crippen LogP contribution >= 0.6 is 11.3 Å². The molecule has 3 aromatic heterocycles. The number of nitrogens with one attached hydrogen (secondary N) is 2. The fraction of sp³-hybridized carbons (Fsp3) is 0.0476. The second-order valence-electron chi connectivity index (χ2n) is 6.31. The highest BCUT2D eigenvalue weighted by Crippen LogP contribution is 2.29. The molecule has 2 aromatic carbocycles. The molecule has 6 nitrogen and oxygen atoms in total. The number of hydrogen-bond donors (Lipinski definition) is 2. The minimum Gasteiger partial charge on any atom is -0.307 e. The van der Waals surface area contributed by atoms with Crippen molar-refractivity contribution in [3.8, 4) is 22.1 Å². The number of H-pyrrole nitrogens is 1. The van der Waals surface area contributed by atoms with E-state index in [2.05, 4.69) is 30.5 Å². The van der Waals surface area contributed by atoms with Gasteiger partial charge in [0.15, 0.2) is 11.6 Å². The maximum Gasteiger partial charge on any atom is 0.248 e. The highest BCUT2D eigenvalue weighted by Gasteiger charge is 2.14. The molecule has 0 amide bonds. The summed E-state index contributed by atoms with van der Waals surface area (Å²) in [6.45, 7) is -0.583. The van der Waals surface area contributed by atoms with Gasteiger partial charge in [0.2, 0.25) is 5.95 Å². The third-order valence-corrected chi connectivity index (χ3v) is 5.35. The van der Waals surface area contributed by atoms with E-state index in [-0.39, 0.29) is 0 Å². The molecule has 0 bridgehead atoms. The molecule has 0 atom stereocenters. The highest BCUT2D eigenvalue weighted by molar-refractivity contribution is 7.13. The molecule has 29 heavy (non-hydrogen) atoms. The van der Waals surface area contributed by atoms with E-state index in [4.69, 9.17) is 0 Å². The lowest BCUT2D eigenvalue weighted by Crippen LogP contribution is -2.01. The van der Waals surface area contributed by atoms with Crippen LogP contribution in [0, 0.1) is 0 Å². The second kappa shape index (κ2) is 7.40. The van der Waals surface area contributed by atoms with Crippen LogP contribution in [0.25, 0.3) is 33.0 Å². The number of aromatic amines is 1. The van der Waals surface area contributed by atoms with E-state index in [0.29, 0.717) is 34.5 Å². The van der Waals surface area contributed by atoms with Crippen LogP contribution in [0.4, 0.5) is 16.2 Å². The SMILES string of the molecule is FCc1ccccc1-c1nc(Nc2n[nH]c(-c3cccs3)n2)c2ccccc2n1. The van der Waals surface area contributed by atoms with Gasteiger partial charge in [-0.05, 0) is 29.1 Å². The number of fused-ring (bicyclic) bond motifs is 1. The van der Waals surface area contributed by atoms with Crippen LogP contribution in [0.1, 0.15) is 5.56 Å². The predicted octanol–water partition coefficient (Wildman–Crippen LogP) is 5.36. The quantitative estimate of drug-likeness (QED) is 0.414. The summed E-state index contributed by atoms with van der Waals surface area (Å²) in [6, 6.07) is 18.8. The van der Waals surface area contributed by atoms with Crippen LogP contribution in [0.5, 0.6) is 0 Å². The Hall–Kier alpha value is -3.65. The van der Waals surface area contributed by atoms with E-state index in [9.17, 15) is 4.39 Å². The lowest BCUT2D eigenvalue weighted by molar-refractivity contribution is 0.486. The normalized spacial score (nSPS) is 11.1. The van der Waals surface area contributed by atoms with E-state index >= 15 is 0 Å². The third-order valence-electron chi connectivity index (χ3n) is 4.48. The van der Waals surface area contributed by atoms with Gasteiger partial charge in [0.05, 0.1) is 10.4 Å². The first kappa shape index (κ1) is 17.4. The lowest BCUT2D eigenvalue weighted by atomic mass is 10.1. The van der Waals surface area contributed by atoms with Crippen molar-refractivity contribution in [3.63, 3.8) is 0 Å². The van der Waals surface area contributed by atoms with Gasteiger partial charge in [-0.1, -0.05) is 42.5 Å². The van der Waals surface area contributed by atoms with Crippen molar-refractivity contribution >= 4 is 34.0 Å². The van der Waals surface area contributed by atoms with Gasteiger partial charge in [-0.25, -0.2) is 14.4 Å². The zero-order chi connectivity index (χ0) is 19.6. The molecule has 0 spiro atoms. The van der Waals surface area contributed by atoms with Crippen molar-refractivity contribution in [3.05, 3.63) is 71.6 Å². The van der Waals surface area contributed by atoms with E-state index in [1.807, 2.05) is 53.9 Å². The topological polar surface area (TPSA) is 79.4 Å². The molecular formula is C21H15FN6S. The number of thiophene rings is 1. The number of aromatic nitrogens is 5. The molecule has 0 aliphatic rings. The molecule has 8 heteroatoms. The smallest absolute Gasteiger partial charge is 0.248 e. The number of rotatable bonds is 5. The molecule has 142 valence electrons. The first-order chi connectivity index (χ1) is 14.3.